The summed E-state index contributed by atoms with van der Waals surface area (Å²) in [4.78, 5) is 2.33. The molecule has 1 heterocycles. The Labute approximate surface area is 150 Å². The van der Waals surface area contributed by atoms with Crippen LogP contribution in [-0.2, 0) is 0 Å². The second-order valence-corrected chi connectivity index (χ2v) is 6.27. The van der Waals surface area contributed by atoms with Gasteiger partial charge in [-0.05, 0) is 37.1 Å². The molecule has 0 N–H and O–H groups in total. The van der Waals surface area contributed by atoms with Gasteiger partial charge in [0.2, 0.25) is 0 Å². The molecule has 4 heteroatoms. The molecule has 0 radical (unpaired) electrons. The number of benzene rings is 2. The third-order valence-corrected chi connectivity index (χ3v) is 4.40. The van der Waals surface area contributed by atoms with Crippen molar-refractivity contribution in [3.8, 4) is 23.0 Å². The lowest BCUT2D eigenvalue weighted by atomic mass is 10.1. The molecule has 0 bridgehead atoms. The number of fused-ring (bicyclic) bond motifs is 2. The van der Waals surface area contributed by atoms with E-state index in [1.54, 1.807) is 7.11 Å². The number of hydrogen-bond donors (Lipinski definition) is 0. The van der Waals surface area contributed by atoms with Crippen LogP contribution in [0.3, 0.4) is 0 Å². The van der Waals surface area contributed by atoms with Crippen molar-refractivity contribution in [2.24, 2.45) is 0 Å². The minimum absolute atomic E-state index is 0.735. The lowest BCUT2D eigenvalue weighted by molar-refractivity contribution is 0.308. The monoisotopic (exact) mass is 341 g/mol. The summed E-state index contributed by atoms with van der Waals surface area (Å²) in [6.45, 7) is 6.07. The van der Waals surface area contributed by atoms with Gasteiger partial charge >= 0.3 is 0 Å². The fourth-order valence-electron chi connectivity index (χ4n) is 2.95. The molecule has 0 amide bonds. The van der Waals surface area contributed by atoms with Crippen molar-refractivity contribution < 1.29 is 14.2 Å². The number of nitrogens with zero attached hydrogens (tertiary/aromatic N) is 1. The summed E-state index contributed by atoms with van der Waals surface area (Å²) in [6, 6.07) is 12.1. The summed E-state index contributed by atoms with van der Waals surface area (Å²) >= 11 is 0. The van der Waals surface area contributed by atoms with E-state index in [1.165, 1.54) is 0 Å². The zero-order valence-corrected chi connectivity index (χ0v) is 15.4. The lowest BCUT2D eigenvalue weighted by Gasteiger charge is -2.33. The van der Waals surface area contributed by atoms with Crippen molar-refractivity contribution in [3.05, 3.63) is 36.4 Å². The van der Waals surface area contributed by atoms with E-state index in [1.807, 2.05) is 24.3 Å². The summed E-state index contributed by atoms with van der Waals surface area (Å²) in [5.74, 6) is 3.32. The Morgan fingerprint density at radius 2 is 1.52 bits per heavy atom. The molecule has 0 saturated carbocycles. The number of hydrogen-bond acceptors (Lipinski definition) is 4. The van der Waals surface area contributed by atoms with E-state index >= 15 is 0 Å². The Balaban J connectivity index is 1.92. The summed E-state index contributed by atoms with van der Waals surface area (Å²) in [5.41, 5.74) is 2.18. The van der Waals surface area contributed by atoms with Gasteiger partial charge in [0.05, 0.1) is 25.1 Å². The zero-order valence-electron chi connectivity index (χ0n) is 15.4. The quantitative estimate of drug-likeness (QED) is 0.558. The first-order valence-corrected chi connectivity index (χ1v) is 9.17. The molecule has 4 nitrogen and oxygen atoms in total. The molecule has 0 fully saturated rings. The third kappa shape index (κ3) is 3.84. The first-order chi connectivity index (χ1) is 12.3. The number of anilines is 2. The maximum Gasteiger partial charge on any atom is 0.154 e. The topological polar surface area (TPSA) is 30.9 Å². The number of unbranched alkanes of at least 4 members (excludes halogenated alkanes) is 2. The second-order valence-electron chi connectivity index (χ2n) is 6.27. The van der Waals surface area contributed by atoms with Gasteiger partial charge in [-0.25, -0.2) is 0 Å². The highest BCUT2D eigenvalue weighted by atomic mass is 16.5. The van der Waals surface area contributed by atoms with Crippen molar-refractivity contribution in [3.63, 3.8) is 0 Å². The molecule has 0 aromatic heterocycles. The van der Waals surface area contributed by atoms with E-state index in [0.717, 1.165) is 73.2 Å². The molecule has 2 aromatic rings. The molecular formula is C21H27NO3. The van der Waals surface area contributed by atoms with Gasteiger partial charge in [-0.3, -0.25) is 0 Å². The maximum atomic E-state index is 6.18. The van der Waals surface area contributed by atoms with Crippen LogP contribution in [0.5, 0.6) is 23.0 Å². The number of methoxy groups -OCH3 is 1. The van der Waals surface area contributed by atoms with Gasteiger partial charge in [0.25, 0.3) is 0 Å². The summed E-state index contributed by atoms with van der Waals surface area (Å²) in [6.07, 6.45) is 4.45. The van der Waals surface area contributed by atoms with Crippen molar-refractivity contribution >= 4 is 11.4 Å². The number of rotatable bonds is 8. The molecule has 0 spiro atoms. The van der Waals surface area contributed by atoms with Crippen LogP contribution >= 0.6 is 0 Å². The van der Waals surface area contributed by atoms with Gasteiger partial charge in [0, 0.05) is 18.7 Å². The van der Waals surface area contributed by atoms with Gasteiger partial charge < -0.3 is 19.1 Å². The zero-order chi connectivity index (χ0) is 17.6. The Kier molecular flexibility index (Phi) is 5.69. The SMILES string of the molecule is CCCCOc1ccc2c(c1)Oc1cc(OC)ccc1N2CCCC. The summed E-state index contributed by atoms with van der Waals surface area (Å²) in [7, 11) is 1.67. The van der Waals surface area contributed by atoms with Gasteiger partial charge in [0.15, 0.2) is 11.5 Å². The van der Waals surface area contributed by atoms with Crippen LogP contribution in [0.4, 0.5) is 11.4 Å². The average Bonchev–Trinajstić information content (AvgIpc) is 2.64. The molecule has 0 atom stereocenters. The molecule has 1 aliphatic rings. The van der Waals surface area contributed by atoms with Gasteiger partial charge in [0.1, 0.15) is 11.5 Å². The molecular weight excluding hydrogens is 314 g/mol. The van der Waals surface area contributed by atoms with Crippen molar-refractivity contribution in [1.29, 1.82) is 0 Å². The van der Waals surface area contributed by atoms with Crippen LogP contribution in [0.2, 0.25) is 0 Å². The van der Waals surface area contributed by atoms with E-state index in [4.69, 9.17) is 14.2 Å². The molecule has 1 aliphatic heterocycles. The Hall–Kier alpha value is -2.36. The van der Waals surface area contributed by atoms with E-state index < -0.39 is 0 Å². The predicted molar refractivity (Wildman–Crippen MR) is 102 cm³/mol. The van der Waals surface area contributed by atoms with Gasteiger partial charge in [-0.1, -0.05) is 26.7 Å². The van der Waals surface area contributed by atoms with E-state index in [9.17, 15) is 0 Å². The van der Waals surface area contributed by atoms with E-state index in [0.29, 0.717) is 0 Å². The largest absolute Gasteiger partial charge is 0.497 e. The van der Waals surface area contributed by atoms with Crippen LogP contribution < -0.4 is 19.1 Å². The fraction of sp³-hybridized carbons (Fsp3) is 0.429. The minimum Gasteiger partial charge on any atom is -0.497 e. The Morgan fingerprint density at radius 1 is 0.880 bits per heavy atom. The first kappa shape index (κ1) is 17.5. The highest BCUT2D eigenvalue weighted by Gasteiger charge is 2.25. The van der Waals surface area contributed by atoms with Crippen LogP contribution in [0.1, 0.15) is 39.5 Å². The molecule has 0 unspecified atom stereocenters. The van der Waals surface area contributed by atoms with Crippen LogP contribution in [0, 0.1) is 0 Å². The molecule has 3 rings (SSSR count). The van der Waals surface area contributed by atoms with E-state index in [2.05, 4.69) is 30.9 Å². The van der Waals surface area contributed by atoms with Crippen LogP contribution in [-0.4, -0.2) is 20.3 Å². The summed E-state index contributed by atoms with van der Waals surface area (Å²) < 4.78 is 17.4. The third-order valence-electron chi connectivity index (χ3n) is 4.40. The molecule has 0 saturated heterocycles. The highest BCUT2D eigenvalue weighted by Crippen LogP contribution is 2.48. The molecule has 134 valence electrons. The number of ether oxygens (including phenoxy) is 3. The lowest BCUT2D eigenvalue weighted by Crippen LogP contribution is -2.22. The van der Waals surface area contributed by atoms with E-state index in [-0.39, 0.29) is 0 Å². The maximum absolute atomic E-state index is 6.18. The molecule has 2 aromatic carbocycles. The molecule has 0 aliphatic carbocycles. The van der Waals surface area contributed by atoms with Gasteiger partial charge in [-0.15, -0.1) is 0 Å². The van der Waals surface area contributed by atoms with Crippen molar-refractivity contribution in [2.75, 3.05) is 25.2 Å². The normalized spacial score (nSPS) is 12.2. The van der Waals surface area contributed by atoms with Crippen molar-refractivity contribution in [2.45, 2.75) is 39.5 Å². The smallest absolute Gasteiger partial charge is 0.154 e. The van der Waals surface area contributed by atoms with Crippen LogP contribution in [0.25, 0.3) is 0 Å². The van der Waals surface area contributed by atoms with Crippen molar-refractivity contribution in [1.82, 2.24) is 0 Å². The molecule has 25 heavy (non-hydrogen) atoms. The highest BCUT2D eigenvalue weighted by molar-refractivity contribution is 5.79. The minimum atomic E-state index is 0.735. The second kappa shape index (κ2) is 8.15. The first-order valence-electron chi connectivity index (χ1n) is 9.17. The fourth-order valence-corrected chi connectivity index (χ4v) is 2.95. The Bertz CT molecular complexity index is 714. The Morgan fingerprint density at radius 3 is 2.16 bits per heavy atom. The standard InChI is InChI=1S/C21H27NO3/c1-4-6-12-22-18-10-8-16(23-3)14-20(18)25-21-15-17(9-11-19(21)22)24-13-7-5-2/h8-11,14-15H,4-7,12-13H2,1-3H3. The predicted octanol–water partition coefficient (Wildman–Crippen LogP) is 5.92. The summed E-state index contributed by atoms with van der Waals surface area (Å²) in [5, 5.41) is 0. The average molecular weight is 341 g/mol. The van der Waals surface area contributed by atoms with Crippen LogP contribution in [0.15, 0.2) is 36.4 Å². The van der Waals surface area contributed by atoms with Gasteiger partial charge in [-0.2, -0.15) is 0 Å².